The molecule has 128 valence electrons. The van der Waals surface area contributed by atoms with E-state index in [2.05, 4.69) is 28.2 Å². The van der Waals surface area contributed by atoms with Crippen molar-refractivity contribution in [2.24, 2.45) is 0 Å². The van der Waals surface area contributed by atoms with Crippen molar-refractivity contribution in [1.29, 1.82) is 0 Å². The normalized spacial score (nSPS) is 11.7. The maximum atomic E-state index is 12.1. The van der Waals surface area contributed by atoms with Crippen molar-refractivity contribution in [3.8, 4) is 11.5 Å². The molecule has 0 aliphatic rings. The second-order valence-electron chi connectivity index (χ2n) is 5.44. The zero-order valence-electron chi connectivity index (χ0n) is 14.1. The molecule has 2 aromatic rings. The quantitative estimate of drug-likeness (QED) is 0.765. The van der Waals surface area contributed by atoms with Gasteiger partial charge < -0.3 is 14.8 Å². The minimum atomic E-state index is -0.181. The molecule has 0 saturated carbocycles. The average Bonchev–Trinajstić information content (AvgIpc) is 2.60. The second kappa shape index (κ2) is 8.73. The minimum Gasteiger partial charge on any atom is -0.496 e. The summed E-state index contributed by atoms with van der Waals surface area (Å²) in [6, 6.07) is 13.3. The number of methoxy groups -OCH3 is 1. The van der Waals surface area contributed by atoms with Gasteiger partial charge in [0.25, 0.3) is 5.91 Å². The van der Waals surface area contributed by atoms with Gasteiger partial charge >= 0.3 is 0 Å². The van der Waals surface area contributed by atoms with E-state index in [9.17, 15) is 4.79 Å². The lowest BCUT2D eigenvalue weighted by molar-refractivity contribution is -0.123. The van der Waals surface area contributed by atoms with Crippen molar-refractivity contribution < 1.29 is 14.3 Å². The van der Waals surface area contributed by atoms with Gasteiger partial charge in [-0.1, -0.05) is 31.2 Å². The van der Waals surface area contributed by atoms with Crippen LogP contribution >= 0.6 is 15.9 Å². The average molecular weight is 392 g/mol. The van der Waals surface area contributed by atoms with Gasteiger partial charge in [-0.05, 0) is 53.0 Å². The topological polar surface area (TPSA) is 47.6 Å². The van der Waals surface area contributed by atoms with Crippen LogP contribution in [0.2, 0.25) is 0 Å². The molecular formula is C19H22BrNO3. The number of rotatable bonds is 7. The first-order valence-corrected chi connectivity index (χ1v) is 8.68. The highest BCUT2D eigenvalue weighted by Crippen LogP contribution is 2.27. The number of carbonyl (C=O) groups excluding carboxylic acids is 1. The molecule has 0 fully saturated rings. The molecule has 24 heavy (non-hydrogen) atoms. The summed E-state index contributed by atoms with van der Waals surface area (Å²) in [5.74, 6) is 1.23. The maximum Gasteiger partial charge on any atom is 0.258 e. The van der Waals surface area contributed by atoms with E-state index in [1.807, 2.05) is 49.4 Å². The van der Waals surface area contributed by atoms with Gasteiger partial charge in [0.05, 0.1) is 17.6 Å². The van der Waals surface area contributed by atoms with E-state index in [0.717, 1.165) is 22.2 Å². The Morgan fingerprint density at radius 2 is 1.96 bits per heavy atom. The zero-order valence-corrected chi connectivity index (χ0v) is 15.7. The highest BCUT2D eigenvalue weighted by molar-refractivity contribution is 9.10. The molecule has 1 N–H and O–H groups in total. The number of ether oxygens (including phenoxy) is 2. The van der Waals surface area contributed by atoms with Crippen molar-refractivity contribution >= 4 is 21.8 Å². The van der Waals surface area contributed by atoms with Crippen LogP contribution in [-0.4, -0.2) is 19.6 Å². The predicted octanol–water partition coefficient (Wildman–Crippen LogP) is 4.28. The SMILES string of the molecule is CCc1ccc(OCC(=O)N[C@@H](C)c2ccccc2OC)c(Br)c1. The molecule has 0 bridgehead atoms. The Morgan fingerprint density at radius 3 is 2.62 bits per heavy atom. The van der Waals surface area contributed by atoms with E-state index < -0.39 is 0 Å². The van der Waals surface area contributed by atoms with Crippen LogP contribution in [0.5, 0.6) is 11.5 Å². The van der Waals surface area contributed by atoms with Crippen molar-refractivity contribution in [2.75, 3.05) is 13.7 Å². The standard InChI is InChI=1S/C19H22BrNO3/c1-4-14-9-10-18(16(20)11-14)24-12-19(22)21-13(2)15-7-5-6-8-17(15)23-3/h5-11,13H,4,12H2,1-3H3,(H,21,22)/t13-/m0/s1. The molecule has 2 aromatic carbocycles. The van der Waals surface area contributed by atoms with Crippen molar-refractivity contribution in [2.45, 2.75) is 26.3 Å². The van der Waals surface area contributed by atoms with Crippen LogP contribution in [-0.2, 0) is 11.2 Å². The summed E-state index contributed by atoms with van der Waals surface area (Å²) in [5, 5.41) is 2.92. The number of hydrogen-bond acceptors (Lipinski definition) is 3. The Morgan fingerprint density at radius 1 is 1.21 bits per heavy atom. The third-order valence-electron chi connectivity index (χ3n) is 3.75. The van der Waals surface area contributed by atoms with E-state index in [1.54, 1.807) is 7.11 Å². The van der Waals surface area contributed by atoms with Crippen LogP contribution in [0.4, 0.5) is 0 Å². The molecule has 0 radical (unpaired) electrons. The molecule has 4 nitrogen and oxygen atoms in total. The highest BCUT2D eigenvalue weighted by atomic mass is 79.9. The molecule has 0 aromatic heterocycles. The van der Waals surface area contributed by atoms with Gasteiger partial charge in [0, 0.05) is 5.56 Å². The molecule has 0 saturated heterocycles. The zero-order chi connectivity index (χ0) is 17.5. The number of carbonyl (C=O) groups is 1. The van der Waals surface area contributed by atoms with Crippen LogP contribution < -0.4 is 14.8 Å². The van der Waals surface area contributed by atoms with Gasteiger partial charge in [0.2, 0.25) is 0 Å². The fourth-order valence-electron chi connectivity index (χ4n) is 2.41. The Kier molecular flexibility index (Phi) is 6.67. The van der Waals surface area contributed by atoms with Crippen molar-refractivity contribution in [3.05, 3.63) is 58.1 Å². The predicted molar refractivity (Wildman–Crippen MR) is 98.6 cm³/mol. The van der Waals surface area contributed by atoms with Crippen LogP contribution in [0.15, 0.2) is 46.9 Å². The summed E-state index contributed by atoms with van der Waals surface area (Å²) in [7, 11) is 1.62. The first kappa shape index (κ1) is 18.3. The summed E-state index contributed by atoms with van der Waals surface area (Å²) in [6.45, 7) is 3.97. The van der Waals surface area contributed by atoms with Crippen LogP contribution in [0.1, 0.15) is 31.0 Å². The third-order valence-corrected chi connectivity index (χ3v) is 4.37. The monoisotopic (exact) mass is 391 g/mol. The largest absolute Gasteiger partial charge is 0.496 e. The number of amides is 1. The lowest BCUT2D eigenvalue weighted by Crippen LogP contribution is -2.31. The number of hydrogen-bond donors (Lipinski definition) is 1. The fraction of sp³-hybridized carbons (Fsp3) is 0.316. The molecule has 5 heteroatoms. The van der Waals surface area contributed by atoms with E-state index in [4.69, 9.17) is 9.47 Å². The summed E-state index contributed by atoms with van der Waals surface area (Å²) in [5.41, 5.74) is 2.14. The minimum absolute atomic E-state index is 0.0381. The number of halogens is 1. The van der Waals surface area contributed by atoms with Crippen molar-refractivity contribution in [3.63, 3.8) is 0 Å². The molecule has 1 atom stereocenters. The summed E-state index contributed by atoms with van der Waals surface area (Å²) in [6.07, 6.45) is 0.954. The molecule has 2 rings (SSSR count). The summed E-state index contributed by atoms with van der Waals surface area (Å²) >= 11 is 3.47. The molecule has 0 aliphatic heterocycles. The molecular weight excluding hydrogens is 370 g/mol. The van der Waals surface area contributed by atoms with Crippen LogP contribution in [0, 0.1) is 0 Å². The van der Waals surface area contributed by atoms with Crippen LogP contribution in [0.3, 0.4) is 0 Å². The van der Waals surface area contributed by atoms with Gasteiger partial charge in [-0.2, -0.15) is 0 Å². The number of benzene rings is 2. The Balaban J connectivity index is 1.93. The summed E-state index contributed by atoms with van der Waals surface area (Å²) < 4.78 is 11.8. The third kappa shape index (κ3) is 4.74. The number of para-hydroxylation sites is 1. The van der Waals surface area contributed by atoms with Crippen molar-refractivity contribution in [1.82, 2.24) is 5.32 Å². The van der Waals surface area contributed by atoms with Gasteiger partial charge in [0.15, 0.2) is 6.61 Å². The van der Waals surface area contributed by atoms with E-state index >= 15 is 0 Å². The Bertz CT molecular complexity index is 703. The molecule has 0 heterocycles. The van der Waals surface area contributed by atoms with E-state index in [1.165, 1.54) is 5.56 Å². The molecule has 1 amide bonds. The fourth-order valence-corrected chi connectivity index (χ4v) is 2.95. The Hall–Kier alpha value is -2.01. The van der Waals surface area contributed by atoms with Gasteiger partial charge in [-0.15, -0.1) is 0 Å². The molecule has 0 unspecified atom stereocenters. The van der Waals surface area contributed by atoms with Gasteiger partial charge in [-0.3, -0.25) is 4.79 Å². The lowest BCUT2D eigenvalue weighted by Gasteiger charge is -2.17. The van der Waals surface area contributed by atoms with Crippen LogP contribution in [0.25, 0.3) is 0 Å². The first-order valence-electron chi connectivity index (χ1n) is 7.88. The van der Waals surface area contributed by atoms with Gasteiger partial charge in [-0.25, -0.2) is 0 Å². The number of nitrogens with one attached hydrogen (secondary N) is 1. The van der Waals surface area contributed by atoms with E-state index in [-0.39, 0.29) is 18.6 Å². The smallest absolute Gasteiger partial charge is 0.258 e. The Labute approximate surface area is 151 Å². The maximum absolute atomic E-state index is 12.1. The second-order valence-corrected chi connectivity index (χ2v) is 6.29. The van der Waals surface area contributed by atoms with E-state index in [0.29, 0.717) is 5.75 Å². The highest BCUT2D eigenvalue weighted by Gasteiger charge is 2.14. The summed E-state index contributed by atoms with van der Waals surface area (Å²) in [4.78, 5) is 12.1. The first-order chi connectivity index (χ1) is 11.5. The van der Waals surface area contributed by atoms with Gasteiger partial charge in [0.1, 0.15) is 11.5 Å². The number of aryl methyl sites for hydroxylation is 1. The lowest BCUT2D eigenvalue weighted by atomic mass is 10.1. The molecule has 0 spiro atoms. The molecule has 0 aliphatic carbocycles.